The molecule has 2 unspecified atom stereocenters. The number of hydrogen-bond acceptors (Lipinski definition) is 17. The lowest BCUT2D eigenvalue weighted by Gasteiger charge is -2.67. The number of rotatable bonds is 16. The molecule has 4 aliphatic rings. The van der Waals surface area contributed by atoms with Gasteiger partial charge in [-0.3, -0.25) is 28.8 Å². The van der Waals surface area contributed by atoms with Crippen molar-refractivity contribution >= 4 is 60.1 Å². The van der Waals surface area contributed by atoms with E-state index < -0.39 is 137 Å². The fourth-order valence-electron chi connectivity index (χ4n) is 11.0. The molecule has 390 valence electrons. The minimum Gasteiger partial charge on any atom is -0.461 e. The lowest BCUT2D eigenvalue weighted by atomic mass is 9.44. The summed E-state index contributed by atoms with van der Waals surface area (Å²) in [5.41, 5.74) is -8.08. The second kappa shape index (κ2) is 21.6. The second-order valence-electron chi connectivity index (χ2n) is 19.5. The highest BCUT2D eigenvalue weighted by atomic mass is 32.1. The highest BCUT2D eigenvalue weighted by molar-refractivity contribution is 7.80. The van der Waals surface area contributed by atoms with Crippen LogP contribution in [0.4, 0.5) is 4.39 Å². The van der Waals surface area contributed by atoms with Gasteiger partial charge in [-0.15, -0.1) is 0 Å². The Kier molecular flexibility index (Phi) is 16.1. The number of benzene rings is 3. The summed E-state index contributed by atoms with van der Waals surface area (Å²) >= 11 is 4.17. The number of ketones is 1. The fraction of sp³-hybridized carbons (Fsp3) is 0.481. The summed E-state index contributed by atoms with van der Waals surface area (Å²) in [5, 5.41) is 16.9. The maximum absolute atomic E-state index is 16.2. The van der Waals surface area contributed by atoms with E-state index in [4.69, 9.17) is 33.2 Å². The molecule has 1 aliphatic heterocycles. The fourth-order valence-corrected chi connectivity index (χ4v) is 11.2. The maximum Gasteiger partial charge on any atom is 0.350 e. The van der Waals surface area contributed by atoms with Crippen molar-refractivity contribution in [3.05, 3.63) is 119 Å². The minimum atomic E-state index is -2.56. The molecule has 3 aliphatic carbocycles. The van der Waals surface area contributed by atoms with Crippen LogP contribution in [0.2, 0.25) is 0 Å². The molecule has 11 atom stereocenters. The SMILES string of the molecule is CCC(=O)O[C@H]1C(=O)[C@@]2(C)C(C(OC(=O)c3ccc(F)cc3)[C@]3(O)C[C@H](OC(=O)[C@H](OC(=O)CCS)[C@@H](NC(=O)c4ccccc4)c4ccccc4)C(C)=C1C3(C)C)[C@]1(OC(C)=O)CO[C@@H]1C[C@@H]2OC(=O)CC. The van der Waals surface area contributed by atoms with Gasteiger partial charge in [0, 0.05) is 49.3 Å². The third-order valence-corrected chi connectivity index (χ3v) is 15.1. The molecule has 1 heterocycles. The standard InChI is InChI=1S/C54H60FNO16S/c1-8-38(58)68-36-26-37-53(28-66-37,72-30(4)57)45-47(71-49(63)33-20-22-34(55)23-21-33)54(65)27-35(29(3)41(51(54,5)6)43(69-39(59)9-2)46(61)52(36,45)7)67-50(64)44(70-40(60)24-25-73)42(31-16-12-10-13-17-31)56-48(62)32-18-14-11-15-19-32/h10-23,35-37,42-45,47,65,73H,8-9,24-28H2,1-7H3,(H,56,62)/t35-,36-,37+,42-,43+,44+,45?,47?,52+,53-,54+/m0/s1. The Balaban J connectivity index is 1.47. The van der Waals surface area contributed by atoms with Crippen molar-refractivity contribution in [3.63, 3.8) is 0 Å². The Labute approximate surface area is 427 Å². The first kappa shape index (κ1) is 54.3. The van der Waals surface area contributed by atoms with Gasteiger partial charge in [0.1, 0.15) is 41.9 Å². The lowest BCUT2D eigenvalue weighted by Crippen LogP contribution is -2.82. The highest BCUT2D eigenvalue weighted by Gasteiger charge is 2.79. The number of esters is 6. The van der Waals surface area contributed by atoms with Gasteiger partial charge in [-0.2, -0.15) is 12.6 Å². The smallest absolute Gasteiger partial charge is 0.350 e. The van der Waals surface area contributed by atoms with Crippen LogP contribution < -0.4 is 5.32 Å². The number of aliphatic hydroxyl groups is 1. The summed E-state index contributed by atoms with van der Waals surface area (Å²) in [7, 11) is 0. The van der Waals surface area contributed by atoms with Crippen LogP contribution in [0.25, 0.3) is 0 Å². The molecule has 7 rings (SSSR count). The third kappa shape index (κ3) is 10.1. The zero-order chi connectivity index (χ0) is 53.2. The zero-order valence-electron chi connectivity index (χ0n) is 41.5. The third-order valence-electron chi connectivity index (χ3n) is 14.9. The van der Waals surface area contributed by atoms with Crippen LogP contribution in [-0.2, 0) is 61.9 Å². The van der Waals surface area contributed by atoms with Crippen LogP contribution in [0.15, 0.2) is 96.1 Å². The largest absolute Gasteiger partial charge is 0.461 e. The van der Waals surface area contributed by atoms with E-state index in [1.54, 1.807) is 60.7 Å². The van der Waals surface area contributed by atoms with E-state index in [-0.39, 0.29) is 53.7 Å². The Morgan fingerprint density at radius 1 is 0.836 bits per heavy atom. The molecule has 3 fully saturated rings. The quantitative estimate of drug-likeness (QED) is 0.0637. The number of thiol groups is 1. The van der Waals surface area contributed by atoms with E-state index in [1.165, 1.54) is 41.5 Å². The van der Waals surface area contributed by atoms with Crippen LogP contribution in [0.3, 0.4) is 0 Å². The molecule has 2 bridgehead atoms. The predicted molar refractivity (Wildman–Crippen MR) is 259 cm³/mol. The highest BCUT2D eigenvalue weighted by Crippen LogP contribution is 2.65. The number of ether oxygens (including phenoxy) is 7. The van der Waals surface area contributed by atoms with Gasteiger partial charge in [0.15, 0.2) is 17.5 Å². The summed E-state index contributed by atoms with van der Waals surface area (Å²) in [6.07, 6.45) is -11.6. The van der Waals surface area contributed by atoms with Gasteiger partial charge in [0.05, 0.1) is 29.9 Å². The zero-order valence-corrected chi connectivity index (χ0v) is 42.4. The summed E-state index contributed by atoms with van der Waals surface area (Å²) in [6, 6.07) is 19.1. The molecule has 3 aromatic rings. The van der Waals surface area contributed by atoms with Crippen molar-refractivity contribution in [1.82, 2.24) is 5.32 Å². The Morgan fingerprint density at radius 3 is 2.03 bits per heavy atom. The molecular formula is C54H60FNO16S. The number of nitrogens with one attached hydrogen (secondary N) is 1. The van der Waals surface area contributed by atoms with Crippen molar-refractivity contribution < 1.29 is 81.0 Å². The van der Waals surface area contributed by atoms with Crippen molar-refractivity contribution in [2.75, 3.05) is 12.4 Å². The average Bonchev–Trinajstić information content (AvgIpc) is 3.35. The van der Waals surface area contributed by atoms with Crippen LogP contribution in [-0.4, -0.2) is 113 Å². The Bertz CT molecular complexity index is 2660. The molecule has 2 saturated carbocycles. The number of hydrogen-bond donors (Lipinski definition) is 3. The minimum absolute atomic E-state index is 0.0200. The van der Waals surface area contributed by atoms with Crippen LogP contribution >= 0.6 is 12.6 Å². The van der Waals surface area contributed by atoms with E-state index in [1.807, 2.05) is 0 Å². The number of Topliss-reactive ketones (excluding diaryl/α,β-unsaturated/α-hetero) is 1. The molecule has 3 aromatic carbocycles. The normalized spacial score (nSPS) is 28.7. The van der Waals surface area contributed by atoms with Crippen LogP contribution in [0.1, 0.15) is 113 Å². The van der Waals surface area contributed by atoms with Crippen molar-refractivity contribution in [3.8, 4) is 0 Å². The van der Waals surface area contributed by atoms with Crippen molar-refractivity contribution in [1.29, 1.82) is 0 Å². The summed E-state index contributed by atoms with van der Waals surface area (Å²) in [6.45, 7) is 9.66. The lowest BCUT2D eigenvalue weighted by molar-refractivity contribution is -0.346. The number of carbonyl (C=O) groups excluding carboxylic acids is 8. The molecule has 73 heavy (non-hydrogen) atoms. The van der Waals surface area contributed by atoms with Gasteiger partial charge >= 0.3 is 35.8 Å². The molecular weight excluding hydrogens is 970 g/mol. The van der Waals surface area contributed by atoms with Gasteiger partial charge < -0.3 is 43.6 Å². The van der Waals surface area contributed by atoms with E-state index in [0.717, 1.165) is 31.2 Å². The summed E-state index contributed by atoms with van der Waals surface area (Å²) in [5.74, 6) is -9.63. The van der Waals surface area contributed by atoms with Gasteiger partial charge in [-0.1, -0.05) is 76.2 Å². The van der Waals surface area contributed by atoms with Crippen molar-refractivity contribution in [2.45, 2.75) is 134 Å². The van der Waals surface area contributed by atoms with Gasteiger partial charge in [-0.05, 0) is 67.0 Å². The van der Waals surface area contributed by atoms with Crippen molar-refractivity contribution in [2.24, 2.45) is 16.7 Å². The first-order valence-corrected chi connectivity index (χ1v) is 24.8. The Hall–Kier alpha value is -6.44. The molecule has 0 radical (unpaired) electrons. The maximum atomic E-state index is 16.2. The van der Waals surface area contributed by atoms with E-state index >= 15 is 9.59 Å². The monoisotopic (exact) mass is 1030 g/mol. The molecule has 0 spiro atoms. The Morgan fingerprint density at radius 2 is 1.45 bits per heavy atom. The average molecular weight is 1030 g/mol. The van der Waals surface area contributed by atoms with E-state index in [9.17, 15) is 38.3 Å². The number of fused-ring (bicyclic) bond motifs is 5. The first-order valence-electron chi connectivity index (χ1n) is 24.1. The number of amides is 1. The molecule has 19 heteroatoms. The topological polar surface area (TPSA) is 233 Å². The van der Waals surface area contributed by atoms with Gasteiger partial charge in [0.25, 0.3) is 5.91 Å². The van der Waals surface area contributed by atoms with Crippen LogP contribution in [0.5, 0.6) is 0 Å². The number of halogens is 1. The van der Waals surface area contributed by atoms with E-state index in [2.05, 4.69) is 17.9 Å². The van der Waals surface area contributed by atoms with Gasteiger partial charge in [-0.25, -0.2) is 14.0 Å². The molecule has 2 N–H and O–H groups in total. The molecule has 1 saturated heterocycles. The van der Waals surface area contributed by atoms with Gasteiger partial charge in [0.2, 0.25) is 6.10 Å². The van der Waals surface area contributed by atoms with E-state index in [0.29, 0.717) is 5.56 Å². The molecule has 0 aromatic heterocycles. The summed E-state index contributed by atoms with van der Waals surface area (Å²) in [4.78, 5) is 114. The second-order valence-corrected chi connectivity index (χ2v) is 19.9. The van der Waals surface area contributed by atoms with Crippen LogP contribution in [0, 0.1) is 22.6 Å². The summed E-state index contributed by atoms with van der Waals surface area (Å²) < 4.78 is 57.5. The molecule has 1 amide bonds. The molecule has 17 nitrogen and oxygen atoms in total. The first-order chi connectivity index (χ1) is 34.6. The number of carbonyl (C=O) groups is 8. The predicted octanol–water partition coefficient (Wildman–Crippen LogP) is 6.10.